The fourth-order valence-electron chi connectivity index (χ4n) is 0.984. The topological polar surface area (TPSA) is 64.3 Å². The Balaban J connectivity index is 2.19. The summed E-state index contributed by atoms with van der Waals surface area (Å²) < 4.78 is 0. The van der Waals surface area contributed by atoms with Gasteiger partial charge in [-0.1, -0.05) is 0 Å². The zero-order chi connectivity index (χ0) is 7.56. The van der Waals surface area contributed by atoms with Crippen molar-refractivity contribution in [3.8, 4) is 6.07 Å². The van der Waals surface area contributed by atoms with Crippen molar-refractivity contribution in [1.82, 2.24) is 4.90 Å². The second-order valence-corrected chi connectivity index (χ2v) is 2.42. The highest BCUT2D eigenvalue weighted by molar-refractivity contribution is 5.66. The third-order valence-corrected chi connectivity index (χ3v) is 1.61. The summed E-state index contributed by atoms with van der Waals surface area (Å²) in [6.45, 7) is 1.06. The molecule has 1 amide bonds. The molecule has 0 atom stereocenters. The molecule has 0 unspecified atom stereocenters. The van der Waals surface area contributed by atoms with Crippen molar-refractivity contribution < 1.29 is 9.90 Å². The number of hydrogen-bond donors (Lipinski definition) is 1. The van der Waals surface area contributed by atoms with E-state index in [2.05, 4.69) is 0 Å². The Hall–Kier alpha value is -1.24. The molecule has 0 saturated carbocycles. The first kappa shape index (κ1) is 6.87. The molecular formula is C6H8N2O2. The second-order valence-electron chi connectivity index (χ2n) is 2.42. The van der Waals surface area contributed by atoms with Crippen LogP contribution in [0.1, 0.15) is 6.42 Å². The van der Waals surface area contributed by atoms with Gasteiger partial charge in [0.2, 0.25) is 0 Å². The van der Waals surface area contributed by atoms with Crippen LogP contribution in [0.25, 0.3) is 0 Å². The molecule has 1 saturated heterocycles. The molecular weight excluding hydrogens is 132 g/mol. The molecule has 1 N–H and O–H groups in total. The first-order chi connectivity index (χ1) is 4.74. The van der Waals surface area contributed by atoms with Crippen LogP contribution in [-0.2, 0) is 0 Å². The van der Waals surface area contributed by atoms with Gasteiger partial charge in [0.15, 0.2) is 0 Å². The summed E-state index contributed by atoms with van der Waals surface area (Å²) >= 11 is 0. The number of carboxylic acid groups (broad SMARTS) is 1. The predicted molar refractivity (Wildman–Crippen MR) is 33.3 cm³/mol. The average Bonchev–Trinajstić information content (AvgIpc) is 1.76. The molecule has 1 rings (SSSR count). The van der Waals surface area contributed by atoms with E-state index in [1.54, 1.807) is 0 Å². The first-order valence-electron chi connectivity index (χ1n) is 3.09. The number of amides is 1. The monoisotopic (exact) mass is 140 g/mol. The van der Waals surface area contributed by atoms with Crippen LogP contribution in [0.2, 0.25) is 0 Å². The molecule has 0 aromatic heterocycles. The van der Waals surface area contributed by atoms with Crippen LogP contribution in [-0.4, -0.2) is 29.2 Å². The van der Waals surface area contributed by atoms with E-state index in [1.165, 1.54) is 4.90 Å². The fraction of sp³-hybridized carbons (Fsp3) is 0.667. The van der Waals surface area contributed by atoms with Crippen molar-refractivity contribution in [2.45, 2.75) is 6.42 Å². The molecule has 1 aliphatic rings. The Bertz CT molecular complexity index is 179. The van der Waals surface area contributed by atoms with E-state index in [9.17, 15) is 4.79 Å². The standard InChI is InChI=1S/C6H8N2O2/c7-2-1-5-3-8(4-5)6(9)10/h5H,1,3-4H2,(H,9,10). The fourth-order valence-corrected chi connectivity index (χ4v) is 0.984. The van der Waals surface area contributed by atoms with E-state index in [4.69, 9.17) is 10.4 Å². The number of carbonyl (C=O) groups is 1. The van der Waals surface area contributed by atoms with Crippen molar-refractivity contribution in [1.29, 1.82) is 5.26 Å². The summed E-state index contributed by atoms with van der Waals surface area (Å²) in [5, 5.41) is 16.6. The van der Waals surface area contributed by atoms with E-state index >= 15 is 0 Å². The Morgan fingerprint density at radius 2 is 2.40 bits per heavy atom. The van der Waals surface area contributed by atoms with E-state index in [-0.39, 0.29) is 5.92 Å². The molecule has 0 radical (unpaired) electrons. The van der Waals surface area contributed by atoms with Crippen LogP contribution < -0.4 is 0 Å². The largest absolute Gasteiger partial charge is 0.465 e. The minimum Gasteiger partial charge on any atom is -0.465 e. The molecule has 1 aliphatic heterocycles. The molecule has 10 heavy (non-hydrogen) atoms. The highest BCUT2D eigenvalue weighted by Crippen LogP contribution is 2.17. The lowest BCUT2D eigenvalue weighted by Crippen LogP contribution is -2.49. The summed E-state index contributed by atoms with van der Waals surface area (Å²) in [4.78, 5) is 11.5. The molecule has 0 aliphatic carbocycles. The molecule has 54 valence electrons. The van der Waals surface area contributed by atoms with Gasteiger partial charge in [-0.05, 0) is 0 Å². The lowest BCUT2D eigenvalue weighted by Gasteiger charge is -2.35. The minimum atomic E-state index is -0.880. The SMILES string of the molecule is N#CCC1CN(C(=O)O)C1. The smallest absolute Gasteiger partial charge is 0.407 e. The van der Waals surface area contributed by atoms with E-state index < -0.39 is 6.09 Å². The van der Waals surface area contributed by atoms with E-state index in [0.29, 0.717) is 19.5 Å². The second kappa shape index (κ2) is 2.56. The number of nitrogens with zero attached hydrogens (tertiary/aromatic N) is 2. The van der Waals surface area contributed by atoms with Crippen LogP contribution in [0.15, 0.2) is 0 Å². The molecule has 1 heterocycles. The van der Waals surface area contributed by atoms with Crippen LogP contribution >= 0.6 is 0 Å². The van der Waals surface area contributed by atoms with Gasteiger partial charge in [0, 0.05) is 25.4 Å². The van der Waals surface area contributed by atoms with Gasteiger partial charge < -0.3 is 10.0 Å². The summed E-state index contributed by atoms with van der Waals surface area (Å²) in [6.07, 6.45) is -0.404. The van der Waals surface area contributed by atoms with Gasteiger partial charge in [0.05, 0.1) is 6.07 Å². The third kappa shape index (κ3) is 1.18. The average molecular weight is 140 g/mol. The van der Waals surface area contributed by atoms with Gasteiger partial charge in [-0.15, -0.1) is 0 Å². The Morgan fingerprint density at radius 3 is 2.80 bits per heavy atom. The maximum atomic E-state index is 10.2. The predicted octanol–water partition coefficient (Wildman–Crippen LogP) is 0.510. The molecule has 4 heteroatoms. The van der Waals surface area contributed by atoms with Gasteiger partial charge in [-0.3, -0.25) is 0 Å². The van der Waals surface area contributed by atoms with Gasteiger partial charge >= 0.3 is 6.09 Å². The normalized spacial score (nSPS) is 17.7. The molecule has 0 aromatic carbocycles. The van der Waals surface area contributed by atoms with Crippen LogP contribution in [0.3, 0.4) is 0 Å². The van der Waals surface area contributed by atoms with Crippen molar-refractivity contribution in [2.24, 2.45) is 5.92 Å². The Morgan fingerprint density at radius 1 is 1.80 bits per heavy atom. The minimum absolute atomic E-state index is 0.279. The van der Waals surface area contributed by atoms with Gasteiger partial charge in [-0.2, -0.15) is 5.26 Å². The summed E-state index contributed by atoms with van der Waals surface area (Å²) in [5.41, 5.74) is 0. The number of hydrogen-bond acceptors (Lipinski definition) is 2. The number of rotatable bonds is 1. The summed E-state index contributed by atoms with van der Waals surface area (Å²) in [5.74, 6) is 0.279. The highest BCUT2D eigenvalue weighted by Gasteiger charge is 2.29. The molecule has 0 spiro atoms. The number of nitriles is 1. The third-order valence-electron chi connectivity index (χ3n) is 1.61. The molecule has 0 bridgehead atoms. The quantitative estimate of drug-likeness (QED) is 0.577. The van der Waals surface area contributed by atoms with Crippen molar-refractivity contribution in [3.63, 3.8) is 0 Å². The van der Waals surface area contributed by atoms with Gasteiger partial charge in [0.25, 0.3) is 0 Å². The first-order valence-corrected chi connectivity index (χ1v) is 3.09. The zero-order valence-corrected chi connectivity index (χ0v) is 5.45. The van der Waals surface area contributed by atoms with Crippen molar-refractivity contribution in [2.75, 3.05) is 13.1 Å². The zero-order valence-electron chi connectivity index (χ0n) is 5.45. The molecule has 1 fully saturated rings. The summed E-state index contributed by atoms with van der Waals surface area (Å²) in [7, 11) is 0. The molecule has 0 aromatic rings. The number of likely N-dealkylation sites (tertiary alicyclic amines) is 1. The van der Waals surface area contributed by atoms with Crippen molar-refractivity contribution in [3.05, 3.63) is 0 Å². The van der Waals surface area contributed by atoms with Crippen LogP contribution in [0.5, 0.6) is 0 Å². The van der Waals surface area contributed by atoms with Crippen molar-refractivity contribution >= 4 is 6.09 Å². The van der Waals surface area contributed by atoms with E-state index in [1.807, 2.05) is 6.07 Å². The lowest BCUT2D eigenvalue weighted by atomic mass is 9.98. The Labute approximate surface area is 58.7 Å². The van der Waals surface area contributed by atoms with Gasteiger partial charge in [-0.25, -0.2) is 4.79 Å². The maximum absolute atomic E-state index is 10.2. The van der Waals surface area contributed by atoms with Crippen LogP contribution in [0, 0.1) is 17.2 Å². The van der Waals surface area contributed by atoms with E-state index in [0.717, 1.165) is 0 Å². The summed E-state index contributed by atoms with van der Waals surface area (Å²) in [6, 6.07) is 2.01. The van der Waals surface area contributed by atoms with Crippen LogP contribution in [0.4, 0.5) is 4.79 Å². The maximum Gasteiger partial charge on any atom is 0.407 e. The molecule has 4 nitrogen and oxygen atoms in total. The van der Waals surface area contributed by atoms with Gasteiger partial charge in [0.1, 0.15) is 0 Å². The Kier molecular flexibility index (Phi) is 1.76. The lowest BCUT2D eigenvalue weighted by molar-refractivity contribution is 0.0835. The highest BCUT2D eigenvalue weighted by atomic mass is 16.4.